The van der Waals surface area contributed by atoms with Gasteiger partial charge in [0.2, 0.25) is 0 Å². The minimum Gasteiger partial charge on any atom is -0.480 e. The maximum absolute atomic E-state index is 12.7. The summed E-state index contributed by atoms with van der Waals surface area (Å²) >= 11 is 0. The van der Waals surface area contributed by atoms with Crippen LogP contribution in [0.2, 0.25) is 0 Å². The highest BCUT2D eigenvalue weighted by Gasteiger charge is 2.29. The van der Waals surface area contributed by atoms with Crippen LogP contribution in [0, 0.1) is 5.92 Å². The van der Waals surface area contributed by atoms with E-state index in [0.29, 0.717) is 19.0 Å². The number of fused-ring (bicyclic) bond motifs is 1. The molecule has 1 aromatic rings. The van der Waals surface area contributed by atoms with E-state index in [9.17, 15) is 9.59 Å². The van der Waals surface area contributed by atoms with E-state index < -0.39 is 5.97 Å². The number of aliphatic carboxylic acids is 1. The Kier molecular flexibility index (Phi) is 4.83. The lowest BCUT2D eigenvalue weighted by molar-refractivity contribution is -0.137. The number of carbonyl (C=O) groups excluding carboxylic acids is 1. The van der Waals surface area contributed by atoms with Gasteiger partial charge in [-0.25, -0.2) is 4.79 Å². The molecule has 1 aliphatic rings. The van der Waals surface area contributed by atoms with E-state index in [1.807, 2.05) is 31.2 Å². The summed E-state index contributed by atoms with van der Waals surface area (Å²) in [7, 11) is 0. The highest BCUT2D eigenvalue weighted by atomic mass is 16.4. The van der Waals surface area contributed by atoms with E-state index in [1.54, 1.807) is 4.90 Å². The highest BCUT2D eigenvalue weighted by Crippen LogP contribution is 2.30. The summed E-state index contributed by atoms with van der Waals surface area (Å²) in [6.07, 6.45) is 1.69. The average molecular weight is 290 g/mol. The summed E-state index contributed by atoms with van der Waals surface area (Å²) in [5.74, 6) is -0.604. The van der Waals surface area contributed by atoms with Crippen LogP contribution in [-0.4, -0.2) is 41.6 Å². The first-order chi connectivity index (χ1) is 10.0. The lowest BCUT2D eigenvalue weighted by Gasteiger charge is -2.36. The van der Waals surface area contributed by atoms with Crippen LogP contribution in [0.25, 0.3) is 0 Å². The van der Waals surface area contributed by atoms with Gasteiger partial charge in [-0.05, 0) is 30.4 Å². The second kappa shape index (κ2) is 6.61. The minimum absolute atomic E-state index is 0.210. The number of hydrogen-bond acceptors (Lipinski definition) is 2. The monoisotopic (exact) mass is 290 g/mol. The molecule has 114 valence electrons. The van der Waals surface area contributed by atoms with E-state index in [-0.39, 0.29) is 12.6 Å². The van der Waals surface area contributed by atoms with Gasteiger partial charge in [-0.1, -0.05) is 32.0 Å². The maximum atomic E-state index is 12.7. The van der Waals surface area contributed by atoms with Crippen molar-refractivity contribution in [3.05, 3.63) is 29.8 Å². The third-order valence-electron chi connectivity index (χ3n) is 3.67. The zero-order valence-electron chi connectivity index (χ0n) is 12.6. The number of para-hydroxylation sites is 1. The number of nitrogens with zero attached hydrogens (tertiary/aromatic N) is 2. The van der Waals surface area contributed by atoms with Crippen LogP contribution < -0.4 is 4.90 Å². The van der Waals surface area contributed by atoms with Gasteiger partial charge in [-0.2, -0.15) is 0 Å². The lowest BCUT2D eigenvalue weighted by Crippen LogP contribution is -2.49. The zero-order chi connectivity index (χ0) is 15.4. The van der Waals surface area contributed by atoms with Crippen LogP contribution >= 0.6 is 0 Å². The predicted octanol–water partition coefficient (Wildman–Crippen LogP) is 2.60. The van der Waals surface area contributed by atoms with Crippen LogP contribution in [0.1, 0.15) is 25.8 Å². The number of carbonyl (C=O) groups is 2. The molecule has 5 nitrogen and oxygen atoms in total. The van der Waals surface area contributed by atoms with Crippen molar-refractivity contribution in [2.75, 3.05) is 24.5 Å². The number of rotatable bonds is 4. The molecule has 0 fully saturated rings. The van der Waals surface area contributed by atoms with Crippen molar-refractivity contribution in [2.45, 2.75) is 26.7 Å². The molecule has 0 aromatic heterocycles. The molecule has 2 amide bonds. The number of benzene rings is 1. The van der Waals surface area contributed by atoms with E-state index in [2.05, 4.69) is 6.92 Å². The Balaban J connectivity index is 2.26. The fourth-order valence-electron chi connectivity index (χ4n) is 2.82. The molecule has 1 aromatic carbocycles. The molecule has 1 heterocycles. The number of anilines is 1. The van der Waals surface area contributed by atoms with Gasteiger partial charge in [0.1, 0.15) is 6.54 Å². The Morgan fingerprint density at radius 2 is 2.10 bits per heavy atom. The van der Waals surface area contributed by atoms with Crippen molar-refractivity contribution in [1.29, 1.82) is 0 Å². The van der Waals surface area contributed by atoms with Gasteiger partial charge in [-0.3, -0.25) is 9.69 Å². The first-order valence-corrected chi connectivity index (χ1v) is 7.39. The molecule has 1 atom stereocenters. The van der Waals surface area contributed by atoms with Gasteiger partial charge in [0.15, 0.2) is 0 Å². The first-order valence-electron chi connectivity index (χ1n) is 7.39. The second-order valence-corrected chi connectivity index (χ2v) is 5.65. The van der Waals surface area contributed by atoms with Crippen LogP contribution in [0.3, 0.4) is 0 Å². The van der Waals surface area contributed by atoms with Crippen molar-refractivity contribution in [3.8, 4) is 0 Å². The van der Waals surface area contributed by atoms with E-state index in [0.717, 1.165) is 24.1 Å². The third kappa shape index (κ3) is 3.54. The Labute approximate surface area is 125 Å². The number of urea groups is 1. The predicted molar refractivity (Wildman–Crippen MR) is 81.6 cm³/mol. The Hall–Kier alpha value is -2.04. The summed E-state index contributed by atoms with van der Waals surface area (Å²) in [6.45, 7) is 4.89. The Bertz CT molecular complexity index is 530. The van der Waals surface area contributed by atoms with E-state index in [1.165, 1.54) is 4.90 Å². The van der Waals surface area contributed by atoms with Gasteiger partial charge < -0.3 is 10.0 Å². The Morgan fingerprint density at radius 1 is 1.38 bits per heavy atom. The molecule has 0 aliphatic carbocycles. The topological polar surface area (TPSA) is 60.9 Å². The molecule has 0 radical (unpaired) electrons. The van der Waals surface area contributed by atoms with Crippen LogP contribution in [0.5, 0.6) is 0 Å². The molecule has 1 N–H and O–H groups in total. The molecule has 0 saturated heterocycles. The molecular weight excluding hydrogens is 268 g/mol. The summed E-state index contributed by atoms with van der Waals surface area (Å²) in [5, 5.41) is 8.99. The lowest BCUT2D eigenvalue weighted by atomic mass is 9.94. The maximum Gasteiger partial charge on any atom is 0.325 e. The molecule has 5 heteroatoms. The first kappa shape index (κ1) is 15.4. The Morgan fingerprint density at radius 3 is 2.76 bits per heavy atom. The molecule has 1 aliphatic heterocycles. The smallest absolute Gasteiger partial charge is 0.325 e. The number of amides is 2. The summed E-state index contributed by atoms with van der Waals surface area (Å²) in [5.41, 5.74) is 2.06. The standard InChI is InChI=1S/C16H22N2O3/c1-3-8-17(11-15(19)20)16(21)18-10-12(2)9-13-6-4-5-7-14(13)18/h4-7,12H,3,8-11H2,1-2H3,(H,19,20). The number of carboxylic acids is 1. The van der Waals surface area contributed by atoms with Crippen molar-refractivity contribution >= 4 is 17.7 Å². The van der Waals surface area contributed by atoms with Crippen LogP contribution in [-0.2, 0) is 11.2 Å². The number of carboxylic acid groups (broad SMARTS) is 1. The molecule has 0 spiro atoms. The molecular formula is C16H22N2O3. The molecule has 0 saturated carbocycles. The molecule has 1 unspecified atom stereocenters. The van der Waals surface area contributed by atoms with Crippen molar-refractivity contribution < 1.29 is 14.7 Å². The normalized spacial score (nSPS) is 17.2. The molecule has 21 heavy (non-hydrogen) atoms. The SMILES string of the molecule is CCCN(CC(=O)O)C(=O)N1CC(C)Cc2ccccc21. The molecule has 0 bridgehead atoms. The van der Waals surface area contributed by atoms with E-state index in [4.69, 9.17) is 5.11 Å². The fourth-order valence-corrected chi connectivity index (χ4v) is 2.82. The third-order valence-corrected chi connectivity index (χ3v) is 3.67. The van der Waals surface area contributed by atoms with Gasteiger partial charge in [0.25, 0.3) is 0 Å². The van der Waals surface area contributed by atoms with Crippen molar-refractivity contribution in [3.63, 3.8) is 0 Å². The highest BCUT2D eigenvalue weighted by molar-refractivity contribution is 5.94. The quantitative estimate of drug-likeness (QED) is 0.927. The van der Waals surface area contributed by atoms with Crippen LogP contribution in [0.4, 0.5) is 10.5 Å². The van der Waals surface area contributed by atoms with Crippen molar-refractivity contribution in [1.82, 2.24) is 4.90 Å². The van der Waals surface area contributed by atoms with Gasteiger partial charge in [0, 0.05) is 18.8 Å². The minimum atomic E-state index is -0.977. The van der Waals surface area contributed by atoms with Gasteiger partial charge in [0.05, 0.1) is 0 Å². The summed E-state index contributed by atoms with van der Waals surface area (Å²) < 4.78 is 0. The average Bonchev–Trinajstić information content (AvgIpc) is 2.44. The largest absolute Gasteiger partial charge is 0.480 e. The van der Waals surface area contributed by atoms with Gasteiger partial charge >= 0.3 is 12.0 Å². The zero-order valence-corrected chi connectivity index (χ0v) is 12.6. The summed E-state index contributed by atoms with van der Waals surface area (Å²) in [6, 6.07) is 7.64. The second-order valence-electron chi connectivity index (χ2n) is 5.65. The molecule has 2 rings (SSSR count). The summed E-state index contributed by atoms with van der Waals surface area (Å²) in [4.78, 5) is 26.8. The van der Waals surface area contributed by atoms with Crippen LogP contribution in [0.15, 0.2) is 24.3 Å². The number of hydrogen-bond donors (Lipinski definition) is 1. The van der Waals surface area contributed by atoms with Gasteiger partial charge in [-0.15, -0.1) is 0 Å². The van der Waals surface area contributed by atoms with Crippen molar-refractivity contribution in [2.24, 2.45) is 5.92 Å². The fraction of sp³-hybridized carbons (Fsp3) is 0.500. The van der Waals surface area contributed by atoms with E-state index >= 15 is 0 Å².